The van der Waals surface area contributed by atoms with Crippen LogP contribution in [0.4, 0.5) is 25.0 Å². The third-order valence-corrected chi connectivity index (χ3v) is 7.57. The molecule has 1 heterocycles. The zero-order chi connectivity index (χ0) is 31.9. The van der Waals surface area contributed by atoms with Crippen LogP contribution in [-0.4, -0.2) is 50.1 Å². The van der Waals surface area contributed by atoms with Crippen LogP contribution in [-0.2, 0) is 16.6 Å². The topological polar surface area (TPSA) is 143 Å². The van der Waals surface area contributed by atoms with Crippen molar-refractivity contribution in [1.82, 2.24) is 10.2 Å². The van der Waals surface area contributed by atoms with Crippen molar-refractivity contribution >= 4 is 33.3 Å². The van der Waals surface area contributed by atoms with Crippen LogP contribution in [0.5, 0.6) is 11.5 Å². The fraction of sp³-hybridized carbons (Fsp3) is 0.290. The molecule has 4 rings (SSSR count). The molecule has 1 fully saturated rings. The largest absolute Gasteiger partial charge is 0.457 e. The lowest BCUT2D eigenvalue weighted by Gasteiger charge is -2.39. The molecule has 0 radical (unpaired) electrons. The average molecular weight is 626 g/mol. The van der Waals surface area contributed by atoms with Crippen molar-refractivity contribution in [2.45, 2.75) is 44.8 Å². The molecular weight excluding hydrogens is 592 g/mol. The first kappa shape index (κ1) is 32.2. The van der Waals surface area contributed by atoms with Gasteiger partial charge in [0, 0.05) is 43.3 Å². The summed E-state index contributed by atoms with van der Waals surface area (Å²) in [7, 11) is -3.36. The number of rotatable bonds is 10. The molecular formula is C31H33F2N5O5S. The van der Waals surface area contributed by atoms with Crippen LogP contribution >= 0.6 is 0 Å². The summed E-state index contributed by atoms with van der Waals surface area (Å²) < 4.78 is 59.0. The molecule has 1 saturated heterocycles. The maximum atomic E-state index is 14.2. The van der Waals surface area contributed by atoms with E-state index < -0.39 is 39.2 Å². The molecule has 3 aromatic rings. The quantitative estimate of drug-likeness (QED) is 0.239. The number of nitrogens with one attached hydrogen (secondary N) is 3. The lowest BCUT2D eigenvalue weighted by Crippen LogP contribution is -2.50. The minimum absolute atomic E-state index is 0.0421. The molecule has 2 atom stereocenters. The number of anilines is 2. The molecule has 10 nitrogen and oxygen atoms in total. The van der Waals surface area contributed by atoms with Gasteiger partial charge in [0.15, 0.2) is 0 Å². The molecule has 13 heteroatoms. The first-order valence-electron chi connectivity index (χ1n) is 13.7. The first-order chi connectivity index (χ1) is 20.9. The number of likely N-dealkylation sites (tertiary alicyclic amines) is 1. The fourth-order valence-electron chi connectivity index (χ4n) is 4.89. The van der Waals surface area contributed by atoms with Crippen LogP contribution in [0.25, 0.3) is 0 Å². The number of piperidine rings is 1. The van der Waals surface area contributed by atoms with Gasteiger partial charge < -0.3 is 21.1 Å². The highest BCUT2D eigenvalue weighted by molar-refractivity contribution is 7.92. The summed E-state index contributed by atoms with van der Waals surface area (Å²) in [6.07, 6.45) is 2.91. The highest BCUT2D eigenvalue weighted by Crippen LogP contribution is 2.27. The van der Waals surface area contributed by atoms with E-state index in [1.165, 1.54) is 0 Å². The Labute approximate surface area is 255 Å². The van der Waals surface area contributed by atoms with E-state index in [9.17, 15) is 26.8 Å². The van der Waals surface area contributed by atoms with Crippen LogP contribution in [0.1, 0.15) is 42.1 Å². The van der Waals surface area contributed by atoms with Crippen molar-refractivity contribution < 1.29 is 31.5 Å². The molecule has 3 aromatic carbocycles. The van der Waals surface area contributed by atoms with Crippen molar-refractivity contribution in [2.75, 3.05) is 22.8 Å². The SMILES string of the molecule is CC#CCC1CC(NC(=O)Nc2cc(C(N)=O)c(F)cc2F)CCN1Cc1ccc(Oc2ccc(NS(C)(=O)=O)cc2)cc1. The molecule has 0 aromatic heterocycles. The van der Waals surface area contributed by atoms with Gasteiger partial charge in [-0.25, -0.2) is 22.0 Å². The Bertz CT molecular complexity index is 1670. The summed E-state index contributed by atoms with van der Waals surface area (Å²) >= 11 is 0. The Morgan fingerprint density at radius 1 is 1.05 bits per heavy atom. The summed E-state index contributed by atoms with van der Waals surface area (Å²) in [4.78, 5) is 26.3. The Kier molecular flexibility index (Phi) is 10.4. The van der Waals surface area contributed by atoms with Gasteiger partial charge in [0.1, 0.15) is 23.1 Å². The number of sulfonamides is 1. The normalized spacial score (nSPS) is 16.7. The van der Waals surface area contributed by atoms with Crippen LogP contribution in [0.2, 0.25) is 0 Å². The van der Waals surface area contributed by atoms with E-state index in [1.54, 1.807) is 31.2 Å². The highest BCUT2D eigenvalue weighted by atomic mass is 32.2. The van der Waals surface area contributed by atoms with E-state index in [0.717, 1.165) is 17.9 Å². The van der Waals surface area contributed by atoms with Gasteiger partial charge in [0.2, 0.25) is 10.0 Å². The second-order valence-corrected chi connectivity index (χ2v) is 12.1. The summed E-state index contributed by atoms with van der Waals surface area (Å²) in [5.74, 6) is 4.03. The lowest BCUT2D eigenvalue weighted by molar-refractivity contribution is 0.0996. The molecule has 0 aliphatic carbocycles. The minimum atomic E-state index is -3.36. The predicted octanol–water partition coefficient (Wildman–Crippen LogP) is 4.80. The number of carbonyl (C=O) groups is 2. The first-order valence-corrected chi connectivity index (χ1v) is 15.6. The molecule has 0 spiro atoms. The Morgan fingerprint density at radius 2 is 1.70 bits per heavy atom. The lowest BCUT2D eigenvalue weighted by atomic mass is 9.94. The minimum Gasteiger partial charge on any atom is -0.457 e. The van der Waals surface area contributed by atoms with E-state index in [-0.39, 0.29) is 17.8 Å². The average Bonchev–Trinajstić information content (AvgIpc) is 2.95. The molecule has 0 bridgehead atoms. The fourth-order valence-corrected chi connectivity index (χ4v) is 5.45. The molecule has 3 amide bonds. The number of hydrogen-bond donors (Lipinski definition) is 4. The standard InChI is InChI=1S/C31H33F2N5O5S/c1-3-4-5-23-16-22(35-31(40)36-29-17-26(30(34)39)27(32)18-28(29)33)14-15-38(23)19-20-6-10-24(11-7-20)43-25-12-8-21(9-13-25)37-44(2,41)42/h6-13,17-18,22-23,37H,5,14-16,19H2,1-2H3,(H2,34,39)(H2,35,36,40). The van der Waals surface area contributed by atoms with Gasteiger partial charge >= 0.3 is 6.03 Å². The van der Waals surface area contributed by atoms with Crippen molar-refractivity contribution in [1.29, 1.82) is 0 Å². The summed E-state index contributed by atoms with van der Waals surface area (Å²) in [5.41, 5.74) is 5.75. The van der Waals surface area contributed by atoms with E-state index in [1.807, 2.05) is 24.3 Å². The maximum Gasteiger partial charge on any atom is 0.319 e. The van der Waals surface area contributed by atoms with Crippen LogP contribution in [0.3, 0.4) is 0 Å². The number of ether oxygens (including phenoxy) is 1. The molecule has 1 aliphatic rings. The predicted molar refractivity (Wildman–Crippen MR) is 164 cm³/mol. The molecule has 2 unspecified atom stereocenters. The number of carbonyl (C=O) groups excluding carboxylic acids is 2. The summed E-state index contributed by atoms with van der Waals surface area (Å²) in [5, 5.41) is 5.19. The number of benzene rings is 3. The van der Waals surface area contributed by atoms with E-state index in [2.05, 4.69) is 32.1 Å². The Balaban J connectivity index is 1.34. The Morgan fingerprint density at radius 3 is 2.32 bits per heavy atom. The van der Waals surface area contributed by atoms with Gasteiger partial charge in [-0.2, -0.15) is 0 Å². The van der Waals surface area contributed by atoms with Crippen molar-refractivity contribution in [3.8, 4) is 23.3 Å². The number of amides is 3. The number of nitrogens with two attached hydrogens (primary N) is 1. The zero-order valence-electron chi connectivity index (χ0n) is 24.2. The summed E-state index contributed by atoms with van der Waals surface area (Å²) in [6.45, 7) is 3.09. The van der Waals surface area contributed by atoms with Crippen molar-refractivity contribution in [3.63, 3.8) is 0 Å². The third kappa shape index (κ3) is 9.16. The van der Waals surface area contributed by atoms with Crippen molar-refractivity contribution in [3.05, 3.63) is 83.4 Å². The van der Waals surface area contributed by atoms with Gasteiger partial charge in [-0.05, 0) is 67.8 Å². The molecule has 5 N–H and O–H groups in total. The van der Waals surface area contributed by atoms with E-state index >= 15 is 0 Å². The number of hydrogen-bond acceptors (Lipinski definition) is 6. The zero-order valence-corrected chi connectivity index (χ0v) is 25.0. The monoisotopic (exact) mass is 625 g/mol. The number of nitrogens with zero attached hydrogens (tertiary/aromatic N) is 1. The van der Waals surface area contributed by atoms with Crippen LogP contribution in [0, 0.1) is 23.5 Å². The number of urea groups is 1. The second-order valence-electron chi connectivity index (χ2n) is 10.4. The van der Waals surface area contributed by atoms with Crippen LogP contribution < -0.4 is 25.8 Å². The highest BCUT2D eigenvalue weighted by Gasteiger charge is 2.29. The van der Waals surface area contributed by atoms with Gasteiger partial charge in [-0.1, -0.05) is 12.1 Å². The molecule has 232 valence electrons. The number of primary amides is 1. The van der Waals surface area contributed by atoms with E-state index in [0.29, 0.717) is 55.6 Å². The van der Waals surface area contributed by atoms with E-state index in [4.69, 9.17) is 10.5 Å². The summed E-state index contributed by atoms with van der Waals surface area (Å²) in [6, 6.07) is 14.8. The molecule has 1 aliphatic heterocycles. The maximum absolute atomic E-state index is 14.2. The van der Waals surface area contributed by atoms with Gasteiger partial charge in [0.25, 0.3) is 5.91 Å². The number of halogens is 2. The van der Waals surface area contributed by atoms with Gasteiger partial charge in [0.05, 0.1) is 17.5 Å². The van der Waals surface area contributed by atoms with Gasteiger partial charge in [-0.3, -0.25) is 14.4 Å². The Hall–Kier alpha value is -4.67. The molecule has 0 saturated carbocycles. The third-order valence-electron chi connectivity index (χ3n) is 6.96. The van der Waals surface area contributed by atoms with Crippen molar-refractivity contribution in [2.24, 2.45) is 5.73 Å². The second kappa shape index (κ2) is 14.2. The molecule has 44 heavy (non-hydrogen) atoms. The smallest absolute Gasteiger partial charge is 0.319 e. The van der Waals surface area contributed by atoms with Crippen LogP contribution in [0.15, 0.2) is 60.7 Å². The van der Waals surface area contributed by atoms with Gasteiger partial charge in [-0.15, -0.1) is 11.8 Å².